The third kappa shape index (κ3) is 2.65. The molecule has 0 bridgehead atoms. The summed E-state index contributed by atoms with van der Waals surface area (Å²) < 4.78 is 0. The molecule has 2 rings (SSSR count). The Morgan fingerprint density at radius 1 is 1.39 bits per heavy atom. The van der Waals surface area contributed by atoms with Gasteiger partial charge in [0.2, 0.25) is 0 Å². The number of aromatic hydroxyl groups is 1. The van der Waals surface area contributed by atoms with Gasteiger partial charge in [-0.25, -0.2) is 0 Å². The van der Waals surface area contributed by atoms with Gasteiger partial charge in [-0.3, -0.25) is 4.90 Å². The van der Waals surface area contributed by atoms with Crippen molar-refractivity contribution in [2.24, 2.45) is 0 Å². The molecule has 0 amide bonds. The molecule has 1 aliphatic rings. The predicted octanol–water partition coefficient (Wildman–Crippen LogP) is 3.22. The van der Waals surface area contributed by atoms with Crippen molar-refractivity contribution >= 4 is 0 Å². The lowest BCUT2D eigenvalue weighted by Crippen LogP contribution is -2.41. The minimum atomic E-state index is -0.184. The number of nitriles is 1. The van der Waals surface area contributed by atoms with E-state index in [0.29, 0.717) is 6.04 Å². The van der Waals surface area contributed by atoms with Crippen LogP contribution in [0.5, 0.6) is 5.75 Å². The Kier molecular flexibility index (Phi) is 4.22. The number of likely N-dealkylation sites (tertiary alicyclic amines) is 1. The van der Waals surface area contributed by atoms with E-state index in [1.807, 2.05) is 12.1 Å². The van der Waals surface area contributed by atoms with E-state index in [1.165, 1.54) is 19.3 Å². The molecular weight excluding hydrogens is 224 g/mol. The zero-order chi connectivity index (χ0) is 13.0. The maximum atomic E-state index is 9.46. The molecule has 0 spiro atoms. The molecule has 2 atom stereocenters. The molecule has 2 unspecified atom stereocenters. The van der Waals surface area contributed by atoms with Crippen LogP contribution in [-0.4, -0.2) is 22.6 Å². The van der Waals surface area contributed by atoms with Gasteiger partial charge in [0.1, 0.15) is 11.8 Å². The van der Waals surface area contributed by atoms with Crippen molar-refractivity contribution in [3.8, 4) is 11.8 Å². The van der Waals surface area contributed by atoms with Crippen LogP contribution in [0.4, 0.5) is 0 Å². The first kappa shape index (κ1) is 12.9. The highest BCUT2D eigenvalue weighted by atomic mass is 16.3. The number of phenolic OH excluding ortho intramolecular Hbond substituents is 1. The van der Waals surface area contributed by atoms with Crippen LogP contribution >= 0.6 is 0 Å². The second-order valence-corrected chi connectivity index (χ2v) is 4.92. The Balaban J connectivity index is 2.22. The summed E-state index contributed by atoms with van der Waals surface area (Å²) in [6.45, 7) is 3.19. The van der Waals surface area contributed by atoms with Crippen LogP contribution in [0.3, 0.4) is 0 Å². The van der Waals surface area contributed by atoms with Gasteiger partial charge in [0, 0.05) is 12.6 Å². The first-order valence-corrected chi connectivity index (χ1v) is 6.70. The number of phenols is 1. The Morgan fingerprint density at radius 3 is 2.72 bits per heavy atom. The molecule has 1 saturated heterocycles. The maximum Gasteiger partial charge on any atom is 0.124 e. The van der Waals surface area contributed by atoms with E-state index in [-0.39, 0.29) is 11.8 Å². The molecule has 1 heterocycles. The van der Waals surface area contributed by atoms with Crippen LogP contribution < -0.4 is 0 Å². The number of hydrogen-bond donors (Lipinski definition) is 1. The van der Waals surface area contributed by atoms with Crippen LogP contribution in [0.2, 0.25) is 0 Å². The Labute approximate surface area is 109 Å². The van der Waals surface area contributed by atoms with Crippen molar-refractivity contribution in [3.63, 3.8) is 0 Å². The predicted molar refractivity (Wildman–Crippen MR) is 71.1 cm³/mol. The molecule has 1 aliphatic heterocycles. The van der Waals surface area contributed by atoms with Crippen molar-refractivity contribution in [3.05, 3.63) is 29.8 Å². The van der Waals surface area contributed by atoms with E-state index in [1.54, 1.807) is 12.1 Å². The van der Waals surface area contributed by atoms with Crippen LogP contribution in [0.15, 0.2) is 24.3 Å². The summed E-state index contributed by atoms with van der Waals surface area (Å²) in [6, 6.07) is 9.76. The summed E-state index contributed by atoms with van der Waals surface area (Å²) in [6.07, 6.45) is 4.72. The number of hydrogen-bond acceptors (Lipinski definition) is 3. The fraction of sp³-hybridized carbons (Fsp3) is 0.533. The van der Waals surface area contributed by atoms with Crippen molar-refractivity contribution < 1.29 is 5.11 Å². The molecule has 3 heteroatoms. The van der Waals surface area contributed by atoms with Gasteiger partial charge in [0.15, 0.2) is 0 Å². The van der Waals surface area contributed by atoms with Gasteiger partial charge in [-0.05, 0) is 37.0 Å². The highest BCUT2D eigenvalue weighted by Gasteiger charge is 2.28. The summed E-state index contributed by atoms with van der Waals surface area (Å²) in [5.41, 5.74) is 0.982. The second-order valence-electron chi connectivity index (χ2n) is 4.92. The molecule has 1 N–H and O–H groups in total. The lowest BCUT2D eigenvalue weighted by atomic mass is 9.95. The van der Waals surface area contributed by atoms with Gasteiger partial charge in [-0.1, -0.05) is 25.5 Å². The fourth-order valence-electron chi connectivity index (χ4n) is 2.80. The lowest BCUT2D eigenvalue weighted by molar-refractivity contribution is 0.117. The van der Waals surface area contributed by atoms with Gasteiger partial charge in [0.25, 0.3) is 0 Å². The van der Waals surface area contributed by atoms with Gasteiger partial charge in [-0.15, -0.1) is 0 Å². The minimum Gasteiger partial charge on any atom is -0.508 e. The van der Waals surface area contributed by atoms with E-state index >= 15 is 0 Å². The van der Waals surface area contributed by atoms with Crippen LogP contribution in [0.1, 0.15) is 44.2 Å². The number of rotatable bonds is 3. The van der Waals surface area contributed by atoms with Gasteiger partial charge in [0.05, 0.1) is 6.07 Å². The Morgan fingerprint density at radius 2 is 2.11 bits per heavy atom. The second kappa shape index (κ2) is 5.88. The third-order valence-corrected chi connectivity index (χ3v) is 3.81. The minimum absolute atomic E-state index is 0.184. The fourth-order valence-corrected chi connectivity index (χ4v) is 2.80. The standard InChI is InChI=1S/C15H20N2O/c1-2-13-5-3-4-10-17(13)15(11-16)12-6-8-14(18)9-7-12/h6-9,13,15,18H,2-5,10H2,1H3. The monoisotopic (exact) mass is 244 g/mol. The average molecular weight is 244 g/mol. The topological polar surface area (TPSA) is 47.3 Å². The van der Waals surface area contributed by atoms with Gasteiger partial charge >= 0.3 is 0 Å². The summed E-state index contributed by atoms with van der Waals surface area (Å²) >= 11 is 0. The van der Waals surface area contributed by atoms with Crippen LogP contribution in [0.25, 0.3) is 0 Å². The zero-order valence-electron chi connectivity index (χ0n) is 10.8. The molecule has 1 aromatic carbocycles. The summed E-state index contributed by atoms with van der Waals surface area (Å²) in [7, 11) is 0. The number of nitrogens with zero attached hydrogens (tertiary/aromatic N) is 2. The van der Waals surface area contributed by atoms with E-state index in [9.17, 15) is 10.4 Å². The number of piperidine rings is 1. The van der Waals surface area contributed by atoms with Crippen LogP contribution in [0, 0.1) is 11.3 Å². The summed E-state index contributed by atoms with van der Waals surface area (Å²) in [5, 5.41) is 18.8. The Hall–Kier alpha value is -1.53. The molecular formula is C15H20N2O. The van der Waals surface area contributed by atoms with E-state index in [4.69, 9.17) is 0 Å². The third-order valence-electron chi connectivity index (χ3n) is 3.81. The van der Waals surface area contributed by atoms with Crippen molar-refractivity contribution in [1.29, 1.82) is 5.26 Å². The molecule has 18 heavy (non-hydrogen) atoms. The first-order valence-electron chi connectivity index (χ1n) is 6.70. The first-order chi connectivity index (χ1) is 8.76. The maximum absolute atomic E-state index is 9.46. The van der Waals surface area contributed by atoms with Gasteiger partial charge < -0.3 is 5.11 Å². The molecule has 0 aromatic heterocycles. The van der Waals surface area contributed by atoms with Crippen LogP contribution in [-0.2, 0) is 0 Å². The number of benzene rings is 1. The van der Waals surface area contributed by atoms with E-state index in [0.717, 1.165) is 18.5 Å². The van der Waals surface area contributed by atoms with Crippen molar-refractivity contribution in [2.45, 2.75) is 44.7 Å². The lowest BCUT2D eigenvalue weighted by Gasteiger charge is -2.38. The largest absolute Gasteiger partial charge is 0.508 e. The van der Waals surface area contributed by atoms with Crippen molar-refractivity contribution in [2.75, 3.05) is 6.54 Å². The van der Waals surface area contributed by atoms with E-state index < -0.39 is 0 Å². The normalized spacial score (nSPS) is 22.3. The zero-order valence-corrected chi connectivity index (χ0v) is 10.8. The van der Waals surface area contributed by atoms with E-state index in [2.05, 4.69) is 17.9 Å². The highest BCUT2D eigenvalue weighted by molar-refractivity contribution is 5.31. The Bertz CT molecular complexity index is 421. The molecule has 96 valence electrons. The summed E-state index contributed by atoms with van der Waals surface area (Å²) in [5.74, 6) is 0.251. The quantitative estimate of drug-likeness (QED) is 0.888. The molecule has 0 radical (unpaired) electrons. The molecule has 0 saturated carbocycles. The highest BCUT2D eigenvalue weighted by Crippen LogP contribution is 2.30. The van der Waals surface area contributed by atoms with Gasteiger partial charge in [-0.2, -0.15) is 5.26 Å². The molecule has 3 nitrogen and oxygen atoms in total. The molecule has 1 aromatic rings. The van der Waals surface area contributed by atoms with Crippen molar-refractivity contribution in [1.82, 2.24) is 4.90 Å². The SMILES string of the molecule is CCC1CCCCN1C(C#N)c1ccc(O)cc1. The average Bonchev–Trinajstić information content (AvgIpc) is 2.42. The molecule has 1 fully saturated rings. The smallest absolute Gasteiger partial charge is 0.124 e. The summed E-state index contributed by atoms with van der Waals surface area (Å²) in [4.78, 5) is 2.32. The molecule has 0 aliphatic carbocycles.